The number of primary amides is 1. The molecular formula is C14H16N4O. The van der Waals surface area contributed by atoms with E-state index in [1.807, 2.05) is 36.5 Å². The highest BCUT2D eigenvalue weighted by atomic mass is 16.1. The minimum absolute atomic E-state index is 0.314. The van der Waals surface area contributed by atoms with Gasteiger partial charge in [-0.25, -0.2) is 4.98 Å². The number of fused-ring (bicyclic) bond motifs is 1. The van der Waals surface area contributed by atoms with Gasteiger partial charge in [-0.2, -0.15) is 0 Å². The quantitative estimate of drug-likeness (QED) is 0.888. The maximum absolute atomic E-state index is 11.8. The second kappa shape index (κ2) is 4.85. The van der Waals surface area contributed by atoms with Gasteiger partial charge in [0.05, 0.1) is 6.54 Å². The van der Waals surface area contributed by atoms with Crippen LogP contribution in [0, 0.1) is 0 Å². The Kier molecular flexibility index (Phi) is 3.05. The van der Waals surface area contributed by atoms with Gasteiger partial charge in [-0.3, -0.25) is 9.69 Å². The number of amides is 1. The van der Waals surface area contributed by atoms with Crippen LogP contribution < -0.4 is 5.73 Å². The van der Waals surface area contributed by atoms with Crippen molar-refractivity contribution >= 4 is 5.91 Å². The summed E-state index contributed by atoms with van der Waals surface area (Å²) in [5, 5.41) is 0. The first-order valence-electron chi connectivity index (χ1n) is 6.34. The monoisotopic (exact) mass is 256 g/mol. The maximum Gasteiger partial charge on any atom is 0.239 e. The molecule has 0 unspecified atom stereocenters. The molecule has 1 aromatic heterocycles. The molecule has 0 radical (unpaired) electrons. The number of rotatable bonds is 3. The van der Waals surface area contributed by atoms with E-state index in [9.17, 15) is 4.79 Å². The standard InChI is InChI=1S/C14H16N4O/c15-14(19)13(11-4-2-1-3-5-11)18-9-8-17-7-6-16-12(17)10-18/h1-7,13H,8-10H2,(H2,15,19)/t13-/m1/s1. The van der Waals surface area contributed by atoms with Gasteiger partial charge in [-0.1, -0.05) is 30.3 Å². The van der Waals surface area contributed by atoms with Crippen LogP contribution in [0.5, 0.6) is 0 Å². The van der Waals surface area contributed by atoms with Gasteiger partial charge < -0.3 is 10.3 Å². The molecular weight excluding hydrogens is 240 g/mol. The Morgan fingerprint density at radius 3 is 2.79 bits per heavy atom. The van der Waals surface area contributed by atoms with Gasteiger partial charge in [0, 0.05) is 25.5 Å². The number of hydrogen-bond acceptors (Lipinski definition) is 3. The second-order valence-electron chi connectivity index (χ2n) is 4.72. The number of nitrogens with two attached hydrogens (primary N) is 1. The number of nitrogens with zero attached hydrogens (tertiary/aromatic N) is 3. The highest BCUT2D eigenvalue weighted by molar-refractivity contribution is 5.81. The summed E-state index contributed by atoms with van der Waals surface area (Å²) >= 11 is 0. The molecule has 1 aromatic carbocycles. The van der Waals surface area contributed by atoms with Crippen molar-refractivity contribution in [1.82, 2.24) is 14.5 Å². The fraction of sp³-hybridized carbons (Fsp3) is 0.286. The fourth-order valence-corrected chi connectivity index (χ4v) is 2.60. The number of carbonyl (C=O) groups excluding carboxylic acids is 1. The largest absolute Gasteiger partial charge is 0.368 e. The molecule has 1 aliphatic heterocycles. The normalized spacial score (nSPS) is 16.8. The minimum Gasteiger partial charge on any atom is -0.368 e. The molecule has 5 heteroatoms. The van der Waals surface area contributed by atoms with E-state index in [0.29, 0.717) is 6.54 Å². The van der Waals surface area contributed by atoms with Gasteiger partial charge in [0.1, 0.15) is 11.9 Å². The van der Waals surface area contributed by atoms with Crippen LogP contribution in [0.1, 0.15) is 17.4 Å². The highest BCUT2D eigenvalue weighted by Crippen LogP contribution is 2.24. The fourth-order valence-electron chi connectivity index (χ4n) is 2.60. The molecule has 3 rings (SSSR count). The molecule has 0 bridgehead atoms. The molecule has 1 atom stereocenters. The van der Waals surface area contributed by atoms with Gasteiger partial charge in [0.15, 0.2) is 0 Å². The van der Waals surface area contributed by atoms with Crippen molar-refractivity contribution in [3.05, 3.63) is 54.1 Å². The Hall–Kier alpha value is -2.14. The van der Waals surface area contributed by atoms with Crippen molar-refractivity contribution in [2.75, 3.05) is 6.54 Å². The molecule has 19 heavy (non-hydrogen) atoms. The molecule has 0 saturated carbocycles. The van der Waals surface area contributed by atoms with Gasteiger partial charge in [0.2, 0.25) is 5.91 Å². The Bertz CT molecular complexity index is 578. The first kappa shape index (κ1) is 11.9. The van der Waals surface area contributed by atoms with Crippen LogP contribution in [0.3, 0.4) is 0 Å². The molecule has 0 aliphatic carbocycles. The summed E-state index contributed by atoms with van der Waals surface area (Å²) in [6.45, 7) is 2.29. The molecule has 1 amide bonds. The van der Waals surface area contributed by atoms with Crippen LogP contribution in [0.4, 0.5) is 0 Å². The van der Waals surface area contributed by atoms with Gasteiger partial charge >= 0.3 is 0 Å². The SMILES string of the molecule is NC(=O)[C@@H](c1ccccc1)N1CCn2ccnc2C1. The van der Waals surface area contributed by atoms with E-state index in [4.69, 9.17) is 5.73 Å². The first-order valence-corrected chi connectivity index (χ1v) is 6.34. The lowest BCUT2D eigenvalue weighted by Crippen LogP contribution is -2.42. The molecule has 0 saturated heterocycles. The van der Waals surface area contributed by atoms with E-state index in [-0.39, 0.29) is 11.9 Å². The van der Waals surface area contributed by atoms with Crippen molar-refractivity contribution in [3.63, 3.8) is 0 Å². The summed E-state index contributed by atoms with van der Waals surface area (Å²) in [6, 6.07) is 9.29. The Morgan fingerprint density at radius 2 is 2.05 bits per heavy atom. The molecule has 2 heterocycles. The van der Waals surface area contributed by atoms with E-state index in [1.54, 1.807) is 6.20 Å². The van der Waals surface area contributed by atoms with Crippen LogP contribution in [0.2, 0.25) is 0 Å². The average Bonchev–Trinajstić information content (AvgIpc) is 2.87. The van der Waals surface area contributed by atoms with Gasteiger partial charge in [0.25, 0.3) is 0 Å². The summed E-state index contributed by atoms with van der Waals surface area (Å²) in [7, 11) is 0. The molecule has 0 spiro atoms. The zero-order chi connectivity index (χ0) is 13.2. The number of imidazole rings is 1. The molecule has 1 aliphatic rings. The van der Waals surface area contributed by atoms with Crippen LogP contribution >= 0.6 is 0 Å². The summed E-state index contributed by atoms with van der Waals surface area (Å²) in [6.07, 6.45) is 3.76. The van der Waals surface area contributed by atoms with E-state index in [2.05, 4.69) is 14.5 Å². The van der Waals surface area contributed by atoms with Crippen LogP contribution in [-0.2, 0) is 17.9 Å². The topological polar surface area (TPSA) is 64.2 Å². The maximum atomic E-state index is 11.8. The van der Waals surface area contributed by atoms with Crippen LogP contribution in [0.25, 0.3) is 0 Å². The third-order valence-electron chi connectivity index (χ3n) is 3.52. The molecule has 5 nitrogen and oxygen atoms in total. The summed E-state index contributed by atoms with van der Waals surface area (Å²) in [4.78, 5) is 18.2. The van der Waals surface area contributed by atoms with Gasteiger partial charge in [-0.15, -0.1) is 0 Å². The predicted molar refractivity (Wildman–Crippen MR) is 71.0 cm³/mol. The Balaban J connectivity index is 1.89. The highest BCUT2D eigenvalue weighted by Gasteiger charge is 2.28. The van der Waals surface area contributed by atoms with Crippen LogP contribution in [0.15, 0.2) is 42.7 Å². The number of hydrogen-bond donors (Lipinski definition) is 1. The van der Waals surface area contributed by atoms with E-state index >= 15 is 0 Å². The second-order valence-corrected chi connectivity index (χ2v) is 4.72. The summed E-state index contributed by atoms with van der Waals surface area (Å²) in [5.41, 5.74) is 6.53. The molecule has 0 fully saturated rings. The van der Waals surface area contributed by atoms with Crippen molar-refractivity contribution in [2.24, 2.45) is 5.73 Å². The number of benzene rings is 1. The van der Waals surface area contributed by atoms with Crippen molar-refractivity contribution in [3.8, 4) is 0 Å². The van der Waals surface area contributed by atoms with E-state index < -0.39 is 0 Å². The summed E-state index contributed by atoms with van der Waals surface area (Å²) < 4.78 is 2.11. The van der Waals surface area contributed by atoms with Crippen molar-refractivity contribution in [2.45, 2.75) is 19.1 Å². The van der Waals surface area contributed by atoms with Crippen LogP contribution in [-0.4, -0.2) is 26.9 Å². The van der Waals surface area contributed by atoms with E-state index in [0.717, 1.165) is 24.5 Å². The molecule has 2 aromatic rings. The zero-order valence-electron chi connectivity index (χ0n) is 10.6. The lowest BCUT2D eigenvalue weighted by Gasteiger charge is -2.33. The smallest absolute Gasteiger partial charge is 0.239 e. The molecule has 2 N–H and O–H groups in total. The predicted octanol–water partition coefficient (Wildman–Crippen LogP) is 0.925. The Labute approximate surface area is 111 Å². The molecule has 98 valence electrons. The zero-order valence-corrected chi connectivity index (χ0v) is 10.6. The Morgan fingerprint density at radius 1 is 1.26 bits per heavy atom. The first-order chi connectivity index (χ1) is 9.25. The lowest BCUT2D eigenvalue weighted by molar-refractivity contribution is -0.124. The van der Waals surface area contributed by atoms with Crippen molar-refractivity contribution in [1.29, 1.82) is 0 Å². The van der Waals surface area contributed by atoms with Gasteiger partial charge in [-0.05, 0) is 5.56 Å². The number of aromatic nitrogens is 2. The lowest BCUT2D eigenvalue weighted by atomic mass is 10.0. The third kappa shape index (κ3) is 2.24. The van der Waals surface area contributed by atoms with Crippen molar-refractivity contribution < 1.29 is 4.79 Å². The third-order valence-corrected chi connectivity index (χ3v) is 3.52. The number of carbonyl (C=O) groups is 1. The summed E-state index contributed by atoms with van der Waals surface area (Å²) in [5.74, 6) is 0.666. The van der Waals surface area contributed by atoms with E-state index in [1.165, 1.54) is 0 Å². The minimum atomic E-state index is -0.383. The average molecular weight is 256 g/mol.